The average Bonchev–Trinajstić information content (AvgIpc) is 2.95. The first kappa shape index (κ1) is 24.9. The minimum absolute atomic E-state index is 0.0480. The van der Waals surface area contributed by atoms with Crippen LogP contribution in [-0.2, 0) is 35.1 Å². The van der Waals surface area contributed by atoms with E-state index in [0.29, 0.717) is 54.1 Å². The first-order chi connectivity index (χ1) is 13.8. The maximum absolute atomic E-state index is 13.5. The number of rotatable bonds is 1. The molecule has 1 N–H and O–H groups in total. The highest BCUT2D eigenvalue weighted by Crippen LogP contribution is 2.42. The summed E-state index contributed by atoms with van der Waals surface area (Å²) in [6.07, 6.45) is -3.13. The molecule has 0 aromatic carbocycles. The van der Waals surface area contributed by atoms with Crippen LogP contribution >= 0.6 is 11.3 Å². The fraction of sp³-hybridized carbons (Fsp3) is 0.762. The van der Waals surface area contributed by atoms with E-state index >= 15 is 0 Å². The highest BCUT2D eigenvalue weighted by Gasteiger charge is 2.38. The van der Waals surface area contributed by atoms with E-state index in [1.54, 1.807) is 25.7 Å². The van der Waals surface area contributed by atoms with E-state index in [2.05, 4.69) is 0 Å². The van der Waals surface area contributed by atoms with Crippen LogP contribution in [0, 0.1) is 0 Å². The van der Waals surface area contributed by atoms with Crippen molar-refractivity contribution >= 4 is 17.4 Å². The van der Waals surface area contributed by atoms with Crippen molar-refractivity contribution < 1.29 is 32.5 Å². The number of ether oxygens (including phenoxy) is 2. The quantitative estimate of drug-likeness (QED) is 0.640. The van der Waals surface area contributed by atoms with Crippen LogP contribution in [0.15, 0.2) is 0 Å². The van der Waals surface area contributed by atoms with E-state index in [0.717, 1.165) is 0 Å². The highest BCUT2D eigenvalue weighted by molar-refractivity contribution is 7.12. The highest BCUT2D eigenvalue weighted by atomic mass is 32.1. The van der Waals surface area contributed by atoms with E-state index in [4.69, 9.17) is 9.47 Å². The van der Waals surface area contributed by atoms with E-state index in [9.17, 15) is 23.1 Å². The number of aryl methyl sites for hydroxylation is 1. The van der Waals surface area contributed by atoms with Gasteiger partial charge in [-0.3, -0.25) is 0 Å². The molecule has 1 aromatic rings. The molecule has 172 valence electrons. The van der Waals surface area contributed by atoms with Gasteiger partial charge in [-0.05, 0) is 65.9 Å². The second-order valence-electron chi connectivity index (χ2n) is 8.74. The van der Waals surface area contributed by atoms with Gasteiger partial charge in [-0.15, -0.1) is 11.3 Å². The van der Waals surface area contributed by atoms with Gasteiger partial charge in [0.1, 0.15) is 10.5 Å². The lowest BCUT2D eigenvalue weighted by Crippen LogP contribution is -2.47. The molecular weight excluding hydrogens is 419 g/mol. The van der Waals surface area contributed by atoms with Crippen molar-refractivity contribution in [2.75, 3.05) is 13.2 Å². The molecule has 0 radical (unpaired) electrons. The van der Waals surface area contributed by atoms with Gasteiger partial charge in [0.05, 0.1) is 13.2 Å². The number of carbonyl (C=O) groups is 1. The molecule has 2 rings (SSSR count). The Hall–Kier alpha value is -1.32. The topological polar surface area (TPSA) is 59.0 Å². The molecule has 0 unspecified atom stereocenters. The Morgan fingerprint density at radius 2 is 1.80 bits per heavy atom. The van der Waals surface area contributed by atoms with E-state index in [1.165, 1.54) is 0 Å². The van der Waals surface area contributed by atoms with Gasteiger partial charge in [0, 0.05) is 29.1 Å². The van der Waals surface area contributed by atoms with Gasteiger partial charge in [0.2, 0.25) is 0 Å². The number of aliphatic hydroxyl groups excluding tert-OH is 1. The zero-order chi connectivity index (χ0) is 22.7. The molecular formula is C21H32F3NO4S. The Kier molecular flexibility index (Phi) is 8.21. The number of amides is 1. The van der Waals surface area contributed by atoms with Crippen molar-refractivity contribution in [2.45, 2.75) is 90.8 Å². The standard InChI is InChI=1S/C21H32F3NO4S/c1-13-6-7-17-15(16(12-26)18(30-17)21(22,23)24)9-11-28-10-8-14(2)25(13)19(27)29-20(3,4)5/h13-14,26H,6-12H2,1-5H3/t13-,14+/m0/s1. The Balaban J connectivity index is 2.34. The third kappa shape index (κ3) is 6.34. The van der Waals surface area contributed by atoms with Gasteiger partial charge in [-0.1, -0.05) is 0 Å². The molecule has 0 saturated carbocycles. The summed E-state index contributed by atoms with van der Waals surface area (Å²) in [5.74, 6) is 0. The zero-order valence-electron chi connectivity index (χ0n) is 18.3. The maximum atomic E-state index is 13.5. The smallest absolute Gasteiger partial charge is 0.425 e. The lowest BCUT2D eigenvalue weighted by Gasteiger charge is -2.36. The number of thiophene rings is 1. The van der Waals surface area contributed by atoms with E-state index in [1.807, 2.05) is 13.8 Å². The van der Waals surface area contributed by atoms with Crippen LogP contribution in [0.5, 0.6) is 0 Å². The number of alkyl halides is 3. The van der Waals surface area contributed by atoms with Gasteiger partial charge >= 0.3 is 12.3 Å². The summed E-state index contributed by atoms with van der Waals surface area (Å²) in [4.78, 5) is 14.3. The van der Waals surface area contributed by atoms with Crippen molar-refractivity contribution in [2.24, 2.45) is 0 Å². The van der Waals surface area contributed by atoms with Gasteiger partial charge in [0.25, 0.3) is 0 Å². The van der Waals surface area contributed by atoms with Crippen molar-refractivity contribution in [1.82, 2.24) is 4.90 Å². The summed E-state index contributed by atoms with van der Waals surface area (Å²) < 4.78 is 51.6. The van der Waals surface area contributed by atoms with Gasteiger partial charge < -0.3 is 19.5 Å². The van der Waals surface area contributed by atoms with Crippen LogP contribution in [-0.4, -0.2) is 47.0 Å². The first-order valence-corrected chi connectivity index (χ1v) is 11.1. The van der Waals surface area contributed by atoms with Crippen molar-refractivity contribution in [3.8, 4) is 0 Å². The third-order valence-electron chi connectivity index (χ3n) is 5.14. The number of hydrogen-bond acceptors (Lipinski definition) is 5. The Labute approximate surface area is 180 Å². The van der Waals surface area contributed by atoms with Gasteiger partial charge in [-0.2, -0.15) is 13.2 Å². The largest absolute Gasteiger partial charge is 0.444 e. The van der Waals surface area contributed by atoms with Crippen molar-refractivity contribution in [3.05, 3.63) is 20.9 Å². The number of hydrogen-bond donors (Lipinski definition) is 1. The molecule has 2 heterocycles. The lowest BCUT2D eigenvalue weighted by molar-refractivity contribution is -0.135. The van der Waals surface area contributed by atoms with Crippen LogP contribution in [0.3, 0.4) is 0 Å². The summed E-state index contributed by atoms with van der Waals surface area (Å²) >= 11 is 0.691. The number of aliphatic hydroxyl groups is 1. The second-order valence-corrected chi connectivity index (χ2v) is 9.85. The SMILES string of the molecule is C[C@@H]1CCOCCc2c(sc(C(F)(F)F)c2CO)CC[C@H](C)N1C(=O)OC(C)(C)C. The molecule has 0 saturated heterocycles. The first-order valence-electron chi connectivity index (χ1n) is 10.3. The zero-order valence-corrected chi connectivity index (χ0v) is 19.1. The summed E-state index contributed by atoms with van der Waals surface area (Å²) in [5, 5.41) is 9.62. The van der Waals surface area contributed by atoms with Gasteiger partial charge in [0.15, 0.2) is 0 Å². The van der Waals surface area contributed by atoms with Gasteiger partial charge in [-0.25, -0.2) is 4.79 Å². The predicted molar refractivity (Wildman–Crippen MR) is 110 cm³/mol. The Bertz CT molecular complexity index is 727. The van der Waals surface area contributed by atoms with Crippen molar-refractivity contribution in [1.29, 1.82) is 0 Å². The summed E-state index contributed by atoms with van der Waals surface area (Å²) in [7, 11) is 0. The average molecular weight is 452 g/mol. The molecule has 0 bridgehead atoms. The maximum Gasteiger partial charge on any atom is 0.425 e. The summed E-state index contributed by atoms with van der Waals surface area (Å²) in [6.45, 7) is 9.20. The number of fused-ring (bicyclic) bond motifs is 1. The minimum atomic E-state index is -4.51. The molecule has 0 spiro atoms. The number of carbonyl (C=O) groups excluding carboxylic acids is 1. The van der Waals surface area contributed by atoms with Crippen molar-refractivity contribution in [3.63, 3.8) is 0 Å². The van der Waals surface area contributed by atoms with Crippen LogP contribution in [0.1, 0.15) is 68.3 Å². The monoisotopic (exact) mass is 451 g/mol. The molecule has 5 nitrogen and oxygen atoms in total. The van der Waals surface area contributed by atoms with Crippen LogP contribution in [0.25, 0.3) is 0 Å². The fourth-order valence-corrected chi connectivity index (χ4v) is 4.94. The fourth-order valence-electron chi connectivity index (χ4n) is 3.70. The minimum Gasteiger partial charge on any atom is -0.444 e. The molecule has 0 aliphatic carbocycles. The number of halogens is 3. The predicted octanol–water partition coefficient (Wildman–Crippen LogP) is 5.17. The summed E-state index contributed by atoms with van der Waals surface area (Å²) in [6, 6.07) is -0.355. The normalized spacial score (nSPS) is 22.1. The van der Waals surface area contributed by atoms with E-state index in [-0.39, 0.29) is 24.3 Å². The molecule has 1 aromatic heterocycles. The van der Waals surface area contributed by atoms with E-state index < -0.39 is 29.4 Å². The summed E-state index contributed by atoms with van der Waals surface area (Å²) in [5.41, 5.74) is -0.164. The second kappa shape index (κ2) is 9.87. The molecule has 30 heavy (non-hydrogen) atoms. The third-order valence-corrected chi connectivity index (χ3v) is 6.51. The molecule has 2 atom stereocenters. The number of nitrogens with zero attached hydrogens (tertiary/aromatic N) is 1. The Morgan fingerprint density at radius 1 is 1.17 bits per heavy atom. The molecule has 1 aliphatic heterocycles. The van der Waals surface area contributed by atoms with Crippen LogP contribution in [0.4, 0.5) is 18.0 Å². The Morgan fingerprint density at radius 3 is 2.37 bits per heavy atom. The van der Waals surface area contributed by atoms with Crippen LogP contribution < -0.4 is 0 Å². The molecule has 1 aliphatic rings. The molecule has 9 heteroatoms. The molecule has 0 fully saturated rings. The van der Waals surface area contributed by atoms with Crippen LogP contribution in [0.2, 0.25) is 0 Å². The lowest BCUT2D eigenvalue weighted by atomic mass is 10.0. The molecule has 1 amide bonds.